The first-order chi connectivity index (χ1) is 8.84. The molecule has 1 aromatic heterocycles. The lowest BCUT2D eigenvalue weighted by molar-refractivity contribution is 0.315. The van der Waals surface area contributed by atoms with Crippen molar-refractivity contribution in [3.05, 3.63) is 42.5 Å². The summed E-state index contributed by atoms with van der Waals surface area (Å²) in [5.74, 6) is 0. The van der Waals surface area contributed by atoms with Gasteiger partial charge in [0.15, 0.2) is 5.52 Å². The van der Waals surface area contributed by atoms with Gasteiger partial charge in [-0.3, -0.25) is 0 Å². The lowest BCUT2D eigenvalue weighted by atomic mass is 10.2. The molecule has 0 aliphatic rings. The maximum Gasteiger partial charge on any atom is 0.160 e. The van der Waals surface area contributed by atoms with Gasteiger partial charge in [0.05, 0.1) is 11.4 Å². The van der Waals surface area contributed by atoms with Crippen molar-refractivity contribution in [2.24, 2.45) is 10.2 Å². The molecule has 2 aromatic carbocycles. The van der Waals surface area contributed by atoms with Crippen molar-refractivity contribution < 1.29 is 4.63 Å². The Bertz CT molecular complexity index is 705. The van der Waals surface area contributed by atoms with Crippen LogP contribution in [0.2, 0.25) is 0 Å². The van der Waals surface area contributed by atoms with Crippen LogP contribution >= 0.6 is 0 Å². The van der Waals surface area contributed by atoms with Gasteiger partial charge in [0.2, 0.25) is 0 Å². The summed E-state index contributed by atoms with van der Waals surface area (Å²) in [6.45, 7) is 0. The molecule has 0 radical (unpaired) electrons. The molecule has 0 aliphatic carbocycles. The summed E-state index contributed by atoms with van der Waals surface area (Å²) < 4.78 is 4.61. The van der Waals surface area contributed by atoms with Crippen LogP contribution in [0, 0.1) is 0 Å². The largest absolute Gasteiger partial charge is 0.395 e. The molecule has 0 spiro atoms. The van der Waals surface area contributed by atoms with Crippen molar-refractivity contribution >= 4 is 28.1 Å². The Hall–Kier alpha value is -2.76. The lowest BCUT2D eigenvalue weighted by Gasteiger charge is -1.97. The van der Waals surface area contributed by atoms with Crippen LogP contribution in [0.1, 0.15) is 0 Å². The number of fused-ring (bicyclic) bond motifs is 1. The predicted octanol–water partition coefficient (Wildman–Crippen LogP) is 3.22. The highest BCUT2D eigenvalue weighted by Gasteiger charge is 2.08. The molecule has 0 fully saturated rings. The van der Waals surface area contributed by atoms with E-state index in [0.29, 0.717) is 22.4 Å². The van der Waals surface area contributed by atoms with E-state index in [9.17, 15) is 0 Å². The number of nitrogen functional groups attached to an aromatic ring is 1. The van der Waals surface area contributed by atoms with Gasteiger partial charge in [-0.1, -0.05) is 18.2 Å². The van der Waals surface area contributed by atoms with Crippen LogP contribution in [0.4, 0.5) is 17.1 Å². The van der Waals surface area contributed by atoms with E-state index in [1.54, 1.807) is 12.1 Å². The van der Waals surface area contributed by atoms with Gasteiger partial charge in [-0.05, 0) is 34.6 Å². The zero-order valence-corrected chi connectivity index (χ0v) is 9.32. The predicted molar refractivity (Wildman–Crippen MR) is 66.8 cm³/mol. The number of benzene rings is 2. The summed E-state index contributed by atoms with van der Waals surface area (Å²) in [4.78, 5) is 0. The molecule has 3 rings (SSSR count). The summed E-state index contributed by atoms with van der Waals surface area (Å²) in [6.07, 6.45) is 0. The third kappa shape index (κ3) is 1.80. The molecule has 2 N–H and O–H groups in total. The molecule has 0 atom stereocenters. The maximum atomic E-state index is 5.91. The van der Waals surface area contributed by atoms with Gasteiger partial charge in [-0.25, -0.2) is 4.63 Å². The van der Waals surface area contributed by atoms with Crippen LogP contribution in [0.3, 0.4) is 0 Å². The second kappa shape index (κ2) is 4.25. The standard InChI is InChI=1S/C12H9N5O/c13-11-9(6-7-10-12(11)17-18-16-10)15-14-8-4-2-1-3-5-8/h1-7H,13H2. The number of aromatic nitrogens is 2. The second-order valence-corrected chi connectivity index (χ2v) is 3.67. The molecule has 0 amide bonds. The van der Waals surface area contributed by atoms with E-state index in [-0.39, 0.29) is 0 Å². The minimum Gasteiger partial charge on any atom is -0.395 e. The quantitative estimate of drug-likeness (QED) is 0.549. The SMILES string of the molecule is Nc1c(N=Nc2ccccc2)ccc2nonc12. The zero-order valence-electron chi connectivity index (χ0n) is 9.32. The average molecular weight is 239 g/mol. The van der Waals surface area contributed by atoms with Gasteiger partial charge in [0.1, 0.15) is 11.2 Å². The molecule has 0 aliphatic heterocycles. The molecule has 6 nitrogen and oxygen atoms in total. The van der Waals surface area contributed by atoms with Gasteiger partial charge in [0, 0.05) is 0 Å². The van der Waals surface area contributed by atoms with E-state index >= 15 is 0 Å². The Balaban J connectivity index is 2.00. The smallest absolute Gasteiger partial charge is 0.160 e. The first kappa shape index (κ1) is 10.4. The third-order valence-corrected chi connectivity index (χ3v) is 2.47. The number of hydrogen-bond donors (Lipinski definition) is 1. The minimum atomic E-state index is 0.411. The van der Waals surface area contributed by atoms with Crippen LogP contribution in [0.15, 0.2) is 57.3 Å². The Kier molecular flexibility index (Phi) is 2.45. The van der Waals surface area contributed by atoms with Crippen LogP contribution in [0.25, 0.3) is 11.0 Å². The molecule has 0 bridgehead atoms. The molecule has 1 heterocycles. The monoisotopic (exact) mass is 239 g/mol. The summed E-state index contributed by atoms with van der Waals surface area (Å²) in [7, 11) is 0. The summed E-state index contributed by atoms with van der Waals surface area (Å²) in [6, 6.07) is 12.9. The molecule has 0 unspecified atom stereocenters. The minimum absolute atomic E-state index is 0.411. The third-order valence-electron chi connectivity index (χ3n) is 2.47. The topological polar surface area (TPSA) is 89.7 Å². The highest BCUT2D eigenvalue weighted by molar-refractivity contribution is 5.92. The molecular weight excluding hydrogens is 230 g/mol. The van der Waals surface area contributed by atoms with E-state index in [1.165, 1.54) is 0 Å². The van der Waals surface area contributed by atoms with Crippen LogP contribution in [-0.4, -0.2) is 10.3 Å². The normalized spacial score (nSPS) is 11.3. The van der Waals surface area contributed by atoms with Crippen LogP contribution in [0.5, 0.6) is 0 Å². The number of nitrogens with zero attached hydrogens (tertiary/aromatic N) is 4. The van der Waals surface area contributed by atoms with Gasteiger partial charge in [0.25, 0.3) is 0 Å². The highest BCUT2D eigenvalue weighted by atomic mass is 16.6. The van der Waals surface area contributed by atoms with Crippen molar-refractivity contribution in [1.82, 2.24) is 10.3 Å². The van der Waals surface area contributed by atoms with E-state index in [4.69, 9.17) is 5.73 Å². The Morgan fingerprint density at radius 3 is 2.61 bits per heavy atom. The Morgan fingerprint density at radius 2 is 1.78 bits per heavy atom. The molecule has 18 heavy (non-hydrogen) atoms. The van der Waals surface area contributed by atoms with Crippen LogP contribution < -0.4 is 5.73 Å². The average Bonchev–Trinajstić information content (AvgIpc) is 2.88. The van der Waals surface area contributed by atoms with Crippen LogP contribution in [-0.2, 0) is 0 Å². The number of rotatable bonds is 2. The van der Waals surface area contributed by atoms with Crippen molar-refractivity contribution in [3.63, 3.8) is 0 Å². The van der Waals surface area contributed by atoms with E-state index in [2.05, 4.69) is 25.2 Å². The zero-order chi connectivity index (χ0) is 12.4. The van der Waals surface area contributed by atoms with E-state index in [0.717, 1.165) is 5.69 Å². The van der Waals surface area contributed by atoms with Crippen molar-refractivity contribution in [2.75, 3.05) is 5.73 Å². The van der Waals surface area contributed by atoms with Gasteiger partial charge in [-0.2, -0.15) is 5.11 Å². The van der Waals surface area contributed by atoms with E-state index < -0.39 is 0 Å². The number of hydrogen-bond acceptors (Lipinski definition) is 6. The first-order valence-electron chi connectivity index (χ1n) is 5.32. The lowest BCUT2D eigenvalue weighted by Crippen LogP contribution is -1.87. The first-order valence-corrected chi connectivity index (χ1v) is 5.32. The maximum absolute atomic E-state index is 5.91. The fourth-order valence-electron chi connectivity index (χ4n) is 1.55. The summed E-state index contributed by atoms with van der Waals surface area (Å²) >= 11 is 0. The number of nitrogens with two attached hydrogens (primary N) is 1. The fourth-order valence-corrected chi connectivity index (χ4v) is 1.55. The van der Waals surface area contributed by atoms with Gasteiger partial charge < -0.3 is 5.73 Å². The molecule has 0 saturated carbocycles. The number of azo groups is 1. The fraction of sp³-hybridized carbons (Fsp3) is 0. The molecule has 3 aromatic rings. The molecule has 0 saturated heterocycles. The van der Waals surface area contributed by atoms with Crippen molar-refractivity contribution in [3.8, 4) is 0 Å². The number of anilines is 1. The van der Waals surface area contributed by atoms with Gasteiger partial charge >= 0.3 is 0 Å². The second-order valence-electron chi connectivity index (χ2n) is 3.67. The molecule has 88 valence electrons. The summed E-state index contributed by atoms with van der Waals surface area (Å²) in [5, 5.41) is 15.6. The molecular formula is C12H9N5O. The Labute approximate surface area is 102 Å². The van der Waals surface area contributed by atoms with E-state index in [1.807, 2.05) is 30.3 Å². The van der Waals surface area contributed by atoms with Crippen molar-refractivity contribution in [1.29, 1.82) is 0 Å². The van der Waals surface area contributed by atoms with Crippen molar-refractivity contribution in [2.45, 2.75) is 0 Å². The molecule has 6 heteroatoms. The Morgan fingerprint density at radius 1 is 0.944 bits per heavy atom. The van der Waals surface area contributed by atoms with Gasteiger partial charge in [-0.15, -0.1) is 5.11 Å². The summed E-state index contributed by atoms with van der Waals surface area (Å²) in [5.41, 5.74) is 8.73. The highest BCUT2D eigenvalue weighted by Crippen LogP contribution is 2.29.